The molecule has 3 aromatic rings. The van der Waals surface area contributed by atoms with Gasteiger partial charge in [-0.15, -0.1) is 0 Å². The largest absolute Gasteiger partial charge is 0.350 e. The average Bonchev–Trinajstić information content (AvgIpc) is 3.17. The van der Waals surface area contributed by atoms with Crippen molar-refractivity contribution in [1.29, 1.82) is 0 Å². The zero-order chi connectivity index (χ0) is 23.2. The Bertz CT molecular complexity index is 1280. The zero-order valence-electron chi connectivity index (χ0n) is 20.0. The number of hydrogen-bond acceptors (Lipinski definition) is 3. The number of aryl methyl sites for hydroxylation is 1. The molecule has 0 spiro atoms. The standard InChI is InChI=1S/C28H34N4O2/c1-30-16-22(23-9-5-6-10-26(23)30)18-31-14-19-13-21(17-31)25-12-11-24(28(34)32(25)15-19)29-27(33)20-7-3-2-4-8-20/h5-6,9-12,16,19-21H,2-4,7-8,13-15,17-18H2,1H3,(H,29,33)/t19-,21-/m1/s1. The van der Waals surface area contributed by atoms with Crippen LogP contribution in [0, 0.1) is 11.8 Å². The molecular formula is C28H34N4O2. The minimum atomic E-state index is -0.0288. The third-order valence-corrected chi connectivity index (χ3v) is 8.29. The highest BCUT2D eigenvalue weighted by atomic mass is 16.2. The number of nitrogens with zero attached hydrogens (tertiary/aromatic N) is 3. The van der Waals surface area contributed by atoms with Crippen molar-refractivity contribution in [2.45, 2.75) is 57.5 Å². The maximum Gasteiger partial charge on any atom is 0.274 e. The van der Waals surface area contributed by atoms with Crippen molar-refractivity contribution in [2.24, 2.45) is 18.9 Å². The van der Waals surface area contributed by atoms with Crippen molar-refractivity contribution in [2.75, 3.05) is 18.4 Å². The predicted octanol–water partition coefficient (Wildman–Crippen LogP) is 4.48. The van der Waals surface area contributed by atoms with E-state index in [2.05, 4.69) is 58.4 Å². The van der Waals surface area contributed by atoms with Gasteiger partial charge in [0.05, 0.1) is 0 Å². The first-order chi connectivity index (χ1) is 16.6. The maximum atomic E-state index is 13.3. The second kappa shape index (κ2) is 8.73. The molecule has 34 heavy (non-hydrogen) atoms. The third-order valence-electron chi connectivity index (χ3n) is 8.29. The minimum Gasteiger partial charge on any atom is -0.350 e. The number of hydrogen-bond donors (Lipinski definition) is 1. The number of carbonyl (C=O) groups excluding carboxylic acids is 1. The molecule has 2 aliphatic heterocycles. The minimum absolute atomic E-state index is 0.0228. The van der Waals surface area contributed by atoms with Gasteiger partial charge in [0.2, 0.25) is 5.91 Å². The summed E-state index contributed by atoms with van der Waals surface area (Å²) in [5, 5.41) is 4.30. The predicted molar refractivity (Wildman–Crippen MR) is 135 cm³/mol. The molecule has 1 aliphatic carbocycles. The van der Waals surface area contributed by atoms with E-state index in [4.69, 9.17) is 0 Å². The Kier molecular flexibility index (Phi) is 5.56. The maximum absolute atomic E-state index is 13.3. The normalized spacial score (nSPS) is 23.1. The van der Waals surface area contributed by atoms with E-state index in [-0.39, 0.29) is 17.4 Å². The Balaban J connectivity index is 1.20. The van der Waals surface area contributed by atoms with Gasteiger partial charge < -0.3 is 14.5 Å². The molecule has 1 amide bonds. The van der Waals surface area contributed by atoms with E-state index in [1.54, 1.807) is 0 Å². The van der Waals surface area contributed by atoms with Gasteiger partial charge in [-0.3, -0.25) is 14.5 Å². The first-order valence-corrected chi connectivity index (χ1v) is 12.9. The topological polar surface area (TPSA) is 59.3 Å². The zero-order valence-corrected chi connectivity index (χ0v) is 20.0. The van der Waals surface area contributed by atoms with E-state index >= 15 is 0 Å². The summed E-state index contributed by atoms with van der Waals surface area (Å²) in [6.45, 7) is 3.65. The highest BCUT2D eigenvalue weighted by Crippen LogP contribution is 2.36. The SMILES string of the molecule is Cn1cc(CN2C[C@H]3C[C@H](C2)c2ccc(NC(=O)C4CCCCC4)c(=O)n2C3)c2ccccc21. The van der Waals surface area contributed by atoms with Crippen molar-refractivity contribution >= 4 is 22.5 Å². The van der Waals surface area contributed by atoms with Crippen molar-refractivity contribution in [3.05, 3.63) is 64.2 Å². The van der Waals surface area contributed by atoms with Crippen LogP contribution >= 0.6 is 0 Å². The number of amides is 1. The molecule has 0 unspecified atom stereocenters. The van der Waals surface area contributed by atoms with E-state index in [0.717, 1.165) is 64.0 Å². The number of likely N-dealkylation sites (tertiary alicyclic amines) is 1. The molecule has 4 heterocycles. The Labute approximate surface area is 200 Å². The highest BCUT2D eigenvalue weighted by Gasteiger charge is 2.35. The molecule has 1 N–H and O–H groups in total. The summed E-state index contributed by atoms with van der Waals surface area (Å²) in [5.41, 5.74) is 4.19. The van der Waals surface area contributed by atoms with Gasteiger partial charge in [-0.25, -0.2) is 0 Å². The van der Waals surface area contributed by atoms with Crippen molar-refractivity contribution < 1.29 is 4.79 Å². The number of para-hydroxylation sites is 1. The smallest absolute Gasteiger partial charge is 0.274 e. The number of benzene rings is 1. The molecule has 2 bridgehead atoms. The van der Waals surface area contributed by atoms with Crippen LogP contribution in [0.15, 0.2) is 47.4 Å². The monoisotopic (exact) mass is 458 g/mol. The number of carbonyl (C=O) groups is 1. The summed E-state index contributed by atoms with van der Waals surface area (Å²) in [4.78, 5) is 28.6. The Morgan fingerprint density at radius 2 is 1.85 bits per heavy atom. The number of fused-ring (bicyclic) bond motifs is 5. The van der Waals surface area contributed by atoms with Gasteiger partial charge in [0.1, 0.15) is 5.69 Å². The number of anilines is 1. The van der Waals surface area contributed by atoms with Crippen LogP contribution < -0.4 is 10.9 Å². The summed E-state index contributed by atoms with van der Waals surface area (Å²) in [5.74, 6) is 0.896. The van der Waals surface area contributed by atoms with Crippen LogP contribution in [0.1, 0.15) is 55.7 Å². The van der Waals surface area contributed by atoms with Crippen molar-refractivity contribution in [3.8, 4) is 0 Å². The Morgan fingerprint density at radius 3 is 2.71 bits per heavy atom. The van der Waals surface area contributed by atoms with Gasteiger partial charge in [-0.05, 0) is 48.9 Å². The molecule has 2 aromatic heterocycles. The molecule has 2 atom stereocenters. The lowest BCUT2D eigenvalue weighted by atomic mass is 9.83. The number of rotatable bonds is 4. The van der Waals surface area contributed by atoms with Gasteiger partial charge in [0.25, 0.3) is 5.56 Å². The van der Waals surface area contributed by atoms with Crippen LogP contribution in [0.2, 0.25) is 0 Å². The average molecular weight is 459 g/mol. The lowest BCUT2D eigenvalue weighted by Crippen LogP contribution is -2.47. The Hall–Kier alpha value is -2.86. The van der Waals surface area contributed by atoms with Gasteiger partial charge >= 0.3 is 0 Å². The molecule has 1 saturated heterocycles. The lowest BCUT2D eigenvalue weighted by Gasteiger charge is -2.43. The fraction of sp³-hybridized carbons (Fsp3) is 0.500. The fourth-order valence-corrected chi connectivity index (χ4v) is 6.66. The van der Waals surface area contributed by atoms with Crippen LogP contribution in [0.5, 0.6) is 0 Å². The van der Waals surface area contributed by atoms with E-state index in [1.807, 2.05) is 10.6 Å². The van der Waals surface area contributed by atoms with E-state index in [0.29, 0.717) is 17.5 Å². The van der Waals surface area contributed by atoms with Crippen LogP contribution in [0.25, 0.3) is 10.9 Å². The summed E-state index contributed by atoms with van der Waals surface area (Å²) < 4.78 is 4.16. The second-order valence-electron chi connectivity index (χ2n) is 10.7. The first-order valence-electron chi connectivity index (χ1n) is 12.9. The molecule has 6 rings (SSSR count). The molecule has 0 radical (unpaired) electrons. The Morgan fingerprint density at radius 1 is 1.03 bits per heavy atom. The van der Waals surface area contributed by atoms with Gasteiger partial charge in [-0.2, -0.15) is 0 Å². The molecule has 178 valence electrons. The summed E-state index contributed by atoms with van der Waals surface area (Å²) in [6.07, 6.45) is 8.71. The fourth-order valence-electron chi connectivity index (χ4n) is 6.66. The second-order valence-corrected chi connectivity index (χ2v) is 10.7. The molecule has 1 aromatic carbocycles. The number of aromatic nitrogens is 2. The molecule has 1 saturated carbocycles. The molecular weight excluding hydrogens is 424 g/mol. The molecule has 6 heteroatoms. The van der Waals surface area contributed by atoms with Crippen LogP contribution in [-0.2, 0) is 24.9 Å². The van der Waals surface area contributed by atoms with Gasteiger partial charge in [0.15, 0.2) is 0 Å². The van der Waals surface area contributed by atoms with E-state index in [9.17, 15) is 9.59 Å². The van der Waals surface area contributed by atoms with Gasteiger partial charge in [0, 0.05) is 67.9 Å². The summed E-state index contributed by atoms with van der Waals surface area (Å²) in [7, 11) is 2.12. The van der Waals surface area contributed by atoms with Gasteiger partial charge in [-0.1, -0.05) is 37.5 Å². The summed E-state index contributed by atoms with van der Waals surface area (Å²) >= 11 is 0. The van der Waals surface area contributed by atoms with Crippen molar-refractivity contribution in [3.63, 3.8) is 0 Å². The van der Waals surface area contributed by atoms with Crippen molar-refractivity contribution in [1.82, 2.24) is 14.0 Å². The third kappa shape index (κ3) is 3.88. The highest BCUT2D eigenvalue weighted by molar-refractivity contribution is 5.92. The quantitative estimate of drug-likeness (QED) is 0.627. The van der Waals surface area contributed by atoms with Crippen LogP contribution in [0.4, 0.5) is 5.69 Å². The van der Waals surface area contributed by atoms with Crippen LogP contribution in [-0.4, -0.2) is 33.0 Å². The molecule has 3 aliphatic rings. The first kappa shape index (κ1) is 21.7. The van der Waals surface area contributed by atoms with E-state index < -0.39 is 0 Å². The number of nitrogens with one attached hydrogen (secondary N) is 1. The van der Waals surface area contributed by atoms with E-state index in [1.165, 1.54) is 22.9 Å². The number of piperidine rings is 1. The molecule has 6 nitrogen and oxygen atoms in total. The summed E-state index contributed by atoms with van der Waals surface area (Å²) in [6, 6.07) is 12.5. The molecule has 2 fully saturated rings. The number of pyridine rings is 1. The lowest BCUT2D eigenvalue weighted by molar-refractivity contribution is -0.120. The van der Waals surface area contributed by atoms with Crippen LogP contribution in [0.3, 0.4) is 0 Å².